The lowest BCUT2D eigenvalue weighted by Gasteiger charge is -2.33. The summed E-state index contributed by atoms with van der Waals surface area (Å²) < 4.78 is 27.9. The van der Waals surface area contributed by atoms with Crippen molar-refractivity contribution < 1.29 is 23.5 Å². The number of hydrogen-bond donors (Lipinski definition) is 1. The molecule has 40 heavy (non-hydrogen) atoms. The van der Waals surface area contributed by atoms with Crippen LogP contribution < -0.4 is 10.9 Å². The first-order chi connectivity index (χ1) is 18.8. The number of fused-ring (bicyclic) bond motifs is 5. The molecule has 6 rings (SSSR count). The van der Waals surface area contributed by atoms with Gasteiger partial charge in [-0.2, -0.15) is 0 Å². The number of pyridine rings is 2. The third-order valence-electron chi connectivity index (χ3n) is 8.81. The molecule has 3 aromatic rings. The molecule has 0 bridgehead atoms. The van der Waals surface area contributed by atoms with Crippen molar-refractivity contribution in [3.63, 3.8) is 0 Å². The van der Waals surface area contributed by atoms with Gasteiger partial charge >= 0.3 is 5.97 Å². The van der Waals surface area contributed by atoms with Crippen molar-refractivity contribution in [2.24, 2.45) is 0 Å². The smallest absolute Gasteiger partial charge is 0.316 e. The first kappa shape index (κ1) is 26.6. The molecule has 0 fully saturated rings. The molecule has 9 heteroatoms. The number of aryl methyl sites for hydroxylation is 1. The van der Waals surface area contributed by atoms with E-state index in [0.29, 0.717) is 52.9 Å². The predicted molar refractivity (Wildman–Crippen MR) is 148 cm³/mol. The molecule has 8 nitrogen and oxygen atoms in total. The van der Waals surface area contributed by atoms with Crippen molar-refractivity contribution in [1.82, 2.24) is 14.9 Å². The number of carbonyl (C=O) groups is 2. The summed E-state index contributed by atoms with van der Waals surface area (Å²) in [4.78, 5) is 44.5. The summed E-state index contributed by atoms with van der Waals surface area (Å²) in [6.45, 7) is 11.3. The van der Waals surface area contributed by atoms with Gasteiger partial charge in [0, 0.05) is 17.0 Å². The number of nitrogens with zero attached hydrogens (tertiary/aromatic N) is 2. The van der Waals surface area contributed by atoms with Gasteiger partial charge < -0.3 is 19.4 Å². The maximum absolute atomic E-state index is 15.1. The molecule has 1 aromatic carbocycles. The van der Waals surface area contributed by atoms with E-state index in [1.54, 1.807) is 18.4 Å². The highest BCUT2D eigenvalue weighted by Gasteiger charge is 2.44. The highest BCUT2D eigenvalue weighted by atomic mass is 19.1. The molecule has 0 radical (unpaired) electrons. The van der Waals surface area contributed by atoms with E-state index >= 15 is 4.39 Å². The Hall–Kier alpha value is -3.59. The van der Waals surface area contributed by atoms with Crippen LogP contribution in [-0.4, -0.2) is 33.6 Å². The average Bonchev–Trinajstić information content (AvgIpc) is 3.27. The van der Waals surface area contributed by atoms with Crippen molar-refractivity contribution in [3.05, 3.63) is 61.7 Å². The molecule has 0 spiro atoms. The number of cyclic esters (lactones) is 1. The fourth-order valence-corrected chi connectivity index (χ4v) is 6.38. The van der Waals surface area contributed by atoms with Crippen LogP contribution in [0.4, 0.5) is 4.39 Å². The molecule has 2 atom stereocenters. The molecule has 0 saturated carbocycles. The van der Waals surface area contributed by atoms with Gasteiger partial charge in [-0.25, -0.2) is 9.37 Å². The van der Waals surface area contributed by atoms with Gasteiger partial charge in [-0.05, 0) is 82.2 Å². The summed E-state index contributed by atoms with van der Waals surface area (Å²) >= 11 is 0. The van der Waals surface area contributed by atoms with Gasteiger partial charge in [-0.1, -0.05) is 6.92 Å². The monoisotopic (exact) mass is 547 g/mol. The molecular formula is C31H34FN3O5. The zero-order valence-electron chi connectivity index (χ0n) is 23.8. The fraction of sp³-hybridized carbons (Fsp3) is 0.484. The summed E-state index contributed by atoms with van der Waals surface area (Å²) in [7, 11) is 0. The standard InChI is InChI=1S/C31H34FN3O5/c1-7-31(6)19-10-23-27-17(12-35(23)28(37)18(19)13-39-29(31)38)26-21(33-24(36)14-40-30(3,4)5)9-8-16-15(2)20(32)11-22(34-27)25(16)26/h10-11,21H,7-9,12-14H2,1-6H3,(H,33,36)/t21-,31+/m0/s1. The number of hydrogen-bond acceptors (Lipinski definition) is 6. The van der Waals surface area contributed by atoms with Crippen LogP contribution in [0.2, 0.25) is 0 Å². The lowest BCUT2D eigenvalue weighted by atomic mass is 9.76. The molecular weight excluding hydrogens is 513 g/mol. The SMILES string of the molecule is CC[C@@]1(C)C(=O)OCc2c1cc1n(c2=O)Cc2c-1nc1cc(F)c(C)c3c1c2[C@@H](NC(=O)COC(C)(C)C)CC3. The molecule has 1 N–H and O–H groups in total. The van der Waals surface area contributed by atoms with E-state index in [2.05, 4.69) is 5.32 Å². The second-order valence-corrected chi connectivity index (χ2v) is 12.3. The normalized spacial score (nSPS) is 21.1. The molecule has 1 aliphatic carbocycles. The van der Waals surface area contributed by atoms with Crippen LogP contribution in [0.3, 0.4) is 0 Å². The predicted octanol–water partition coefficient (Wildman–Crippen LogP) is 4.52. The number of carbonyl (C=O) groups excluding carboxylic acids is 2. The zero-order valence-corrected chi connectivity index (χ0v) is 23.8. The van der Waals surface area contributed by atoms with Gasteiger partial charge in [-0.3, -0.25) is 14.4 Å². The van der Waals surface area contributed by atoms with E-state index in [4.69, 9.17) is 14.5 Å². The molecule has 3 aliphatic rings. The topological polar surface area (TPSA) is 99.5 Å². The van der Waals surface area contributed by atoms with Crippen LogP contribution in [0.5, 0.6) is 0 Å². The fourth-order valence-electron chi connectivity index (χ4n) is 6.38. The van der Waals surface area contributed by atoms with Gasteiger partial charge in [0.15, 0.2) is 0 Å². The van der Waals surface area contributed by atoms with E-state index in [0.717, 1.165) is 22.1 Å². The second-order valence-electron chi connectivity index (χ2n) is 12.3. The Morgan fingerprint density at radius 3 is 2.70 bits per heavy atom. The number of esters is 1. The van der Waals surface area contributed by atoms with E-state index in [1.165, 1.54) is 6.07 Å². The Bertz CT molecular complexity index is 1690. The third-order valence-corrected chi connectivity index (χ3v) is 8.81. The van der Waals surface area contributed by atoms with E-state index in [9.17, 15) is 14.4 Å². The minimum atomic E-state index is -0.948. The number of benzene rings is 1. The second kappa shape index (κ2) is 8.96. The maximum Gasteiger partial charge on any atom is 0.316 e. The zero-order chi connectivity index (χ0) is 28.7. The first-order valence-electron chi connectivity index (χ1n) is 13.9. The highest BCUT2D eigenvalue weighted by molar-refractivity contribution is 5.94. The Balaban J connectivity index is 1.55. The van der Waals surface area contributed by atoms with Crippen LogP contribution in [0.1, 0.15) is 86.9 Å². The number of aromatic nitrogens is 2. The van der Waals surface area contributed by atoms with E-state index in [-0.39, 0.29) is 49.1 Å². The minimum Gasteiger partial charge on any atom is -0.460 e. The van der Waals surface area contributed by atoms with Gasteiger partial charge in [0.2, 0.25) is 5.91 Å². The van der Waals surface area contributed by atoms with Crippen molar-refractivity contribution >= 4 is 22.8 Å². The van der Waals surface area contributed by atoms with Gasteiger partial charge in [0.05, 0.1) is 46.1 Å². The van der Waals surface area contributed by atoms with Crippen molar-refractivity contribution in [2.75, 3.05) is 6.61 Å². The number of ether oxygens (including phenoxy) is 2. The molecule has 210 valence electrons. The van der Waals surface area contributed by atoms with E-state index < -0.39 is 11.0 Å². The highest BCUT2D eigenvalue weighted by Crippen LogP contribution is 2.46. The number of nitrogens with one attached hydrogen (secondary N) is 1. The van der Waals surface area contributed by atoms with Crippen LogP contribution in [0, 0.1) is 12.7 Å². The molecule has 2 aliphatic heterocycles. The Morgan fingerprint density at radius 1 is 1.25 bits per heavy atom. The van der Waals surface area contributed by atoms with Crippen LogP contribution in [0.25, 0.3) is 22.3 Å². The van der Waals surface area contributed by atoms with Gasteiger partial charge in [0.25, 0.3) is 5.56 Å². The number of rotatable bonds is 4. The number of amides is 1. The summed E-state index contributed by atoms with van der Waals surface area (Å²) in [6, 6.07) is 2.98. The number of halogens is 1. The first-order valence-corrected chi connectivity index (χ1v) is 13.9. The summed E-state index contributed by atoms with van der Waals surface area (Å²) in [5.74, 6) is -0.920. The van der Waals surface area contributed by atoms with Crippen LogP contribution in [-0.2, 0) is 44.1 Å². The molecule has 0 unspecified atom stereocenters. The minimum absolute atomic E-state index is 0.0670. The quantitative estimate of drug-likeness (QED) is 0.378. The molecule has 1 amide bonds. The third kappa shape index (κ3) is 3.89. The van der Waals surface area contributed by atoms with Crippen LogP contribution >= 0.6 is 0 Å². The summed E-state index contributed by atoms with van der Waals surface area (Å²) in [5, 5.41) is 3.98. The Labute approximate surface area is 231 Å². The lowest BCUT2D eigenvalue weighted by molar-refractivity contribution is -0.153. The molecule has 2 aromatic heterocycles. The van der Waals surface area contributed by atoms with Gasteiger partial charge in [-0.15, -0.1) is 0 Å². The summed E-state index contributed by atoms with van der Waals surface area (Å²) in [5.41, 5.74) is 4.36. The van der Waals surface area contributed by atoms with Crippen molar-refractivity contribution in [1.29, 1.82) is 0 Å². The largest absolute Gasteiger partial charge is 0.460 e. The maximum atomic E-state index is 15.1. The van der Waals surface area contributed by atoms with Gasteiger partial charge in [0.1, 0.15) is 19.0 Å². The summed E-state index contributed by atoms with van der Waals surface area (Å²) in [6.07, 6.45) is 1.65. The van der Waals surface area contributed by atoms with Crippen molar-refractivity contribution in [2.45, 2.75) is 91.0 Å². The Kier molecular flexibility index (Phi) is 5.96. The van der Waals surface area contributed by atoms with Crippen LogP contribution in [0.15, 0.2) is 16.9 Å². The molecule has 0 saturated heterocycles. The average molecular weight is 548 g/mol. The van der Waals surface area contributed by atoms with E-state index in [1.807, 2.05) is 33.8 Å². The Morgan fingerprint density at radius 2 is 2.00 bits per heavy atom. The lowest BCUT2D eigenvalue weighted by Crippen LogP contribution is -2.42. The molecule has 4 heterocycles. The van der Waals surface area contributed by atoms with Crippen molar-refractivity contribution in [3.8, 4) is 11.4 Å².